The van der Waals surface area contributed by atoms with Gasteiger partial charge in [0, 0.05) is 24.1 Å². The number of hydrogen-bond donors (Lipinski definition) is 1. The number of likely N-dealkylation sites (tertiary alicyclic amines) is 1. The van der Waals surface area contributed by atoms with Gasteiger partial charge in [-0.1, -0.05) is 12.1 Å². The Hall–Kier alpha value is -1.51. The lowest BCUT2D eigenvalue weighted by molar-refractivity contribution is 0.0721. The second-order valence-electron chi connectivity index (χ2n) is 5.10. The minimum atomic E-state index is 0.0523. The second kappa shape index (κ2) is 8.06. The second-order valence-corrected chi connectivity index (χ2v) is 6.12. The number of rotatable bonds is 6. The maximum atomic E-state index is 12.8. The predicted octanol–water partition coefficient (Wildman–Crippen LogP) is 2.68. The lowest BCUT2D eigenvalue weighted by Gasteiger charge is -2.25. The number of nitriles is 1. The van der Waals surface area contributed by atoms with Gasteiger partial charge >= 0.3 is 0 Å². The van der Waals surface area contributed by atoms with Crippen LogP contribution in [0.3, 0.4) is 0 Å². The molecule has 0 saturated carbocycles. The van der Waals surface area contributed by atoms with Gasteiger partial charge in [0.25, 0.3) is 5.91 Å². The van der Waals surface area contributed by atoms with E-state index < -0.39 is 0 Å². The first-order valence-electron chi connectivity index (χ1n) is 7.28. The first-order chi connectivity index (χ1) is 10.3. The van der Waals surface area contributed by atoms with E-state index in [-0.39, 0.29) is 18.6 Å². The molecule has 21 heavy (non-hydrogen) atoms. The molecule has 4 nitrogen and oxygen atoms in total. The number of benzene rings is 1. The van der Waals surface area contributed by atoms with Gasteiger partial charge in [0.15, 0.2) is 0 Å². The van der Waals surface area contributed by atoms with Gasteiger partial charge in [-0.3, -0.25) is 4.79 Å². The van der Waals surface area contributed by atoms with E-state index in [4.69, 9.17) is 10.4 Å². The molecule has 1 N–H and O–H groups in total. The molecule has 1 aliphatic rings. The number of amides is 1. The molecule has 2 rings (SSSR count). The molecule has 1 amide bonds. The highest BCUT2D eigenvalue weighted by Crippen LogP contribution is 2.28. The third-order valence-electron chi connectivity index (χ3n) is 3.74. The molecule has 1 aliphatic heterocycles. The van der Waals surface area contributed by atoms with Crippen molar-refractivity contribution in [2.75, 3.05) is 18.9 Å². The number of carbonyl (C=O) groups is 1. The van der Waals surface area contributed by atoms with Gasteiger partial charge in [0.1, 0.15) is 0 Å². The molecule has 0 radical (unpaired) electrons. The van der Waals surface area contributed by atoms with E-state index in [2.05, 4.69) is 6.07 Å². The molecular formula is C16H20N2O2S. The Morgan fingerprint density at radius 1 is 1.48 bits per heavy atom. The maximum absolute atomic E-state index is 12.8. The number of nitrogens with zero attached hydrogens (tertiary/aromatic N) is 2. The van der Waals surface area contributed by atoms with E-state index in [1.165, 1.54) is 11.8 Å². The van der Waals surface area contributed by atoms with Gasteiger partial charge in [-0.15, -0.1) is 11.8 Å². The quantitative estimate of drug-likeness (QED) is 0.821. The molecule has 0 spiro atoms. The highest BCUT2D eigenvalue weighted by molar-refractivity contribution is 7.99. The SMILES string of the molecule is N#CCSc1ccccc1C(=O)N1CCCC1CCCO. The van der Waals surface area contributed by atoms with E-state index in [0.717, 1.165) is 37.1 Å². The molecule has 0 bridgehead atoms. The maximum Gasteiger partial charge on any atom is 0.255 e. The largest absolute Gasteiger partial charge is 0.396 e. The van der Waals surface area contributed by atoms with E-state index >= 15 is 0 Å². The van der Waals surface area contributed by atoms with Crippen LogP contribution < -0.4 is 0 Å². The van der Waals surface area contributed by atoms with Crippen molar-refractivity contribution in [3.05, 3.63) is 29.8 Å². The smallest absolute Gasteiger partial charge is 0.255 e. The summed E-state index contributed by atoms with van der Waals surface area (Å²) in [6, 6.07) is 9.82. The van der Waals surface area contributed by atoms with Crippen LogP contribution >= 0.6 is 11.8 Å². The molecule has 1 atom stereocenters. The van der Waals surface area contributed by atoms with Crippen LogP contribution in [0.5, 0.6) is 0 Å². The molecule has 5 heteroatoms. The minimum absolute atomic E-state index is 0.0523. The number of carbonyl (C=O) groups excluding carboxylic acids is 1. The summed E-state index contributed by atoms with van der Waals surface area (Å²) >= 11 is 1.40. The van der Waals surface area contributed by atoms with Crippen molar-refractivity contribution >= 4 is 17.7 Å². The van der Waals surface area contributed by atoms with Gasteiger partial charge in [-0.2, -0.15) is 5.26 Å². The van der Waals surface area contributed by atoms with Crippen molar-refractivity contribution in [1.29, 1.82) is 5.26 Å². The van der Waals surface area contributed by atoms with Gasteiger partial charge in [-0.05, 0) is 37.8 Å². The molecule has 1 unspecified atom stereocenters. The van der Waals surface area contributed by atoms with Crippen molar-refractivity contribution in [2.45, 2.75) is 36.6 Å². The Morgan fingerprint density at radius 2 is 2.29 bits per heavy atom. The number of aliphatic hydroxyl groups is 1. The Kier molecular flexibility index (Phi) is 6.09. The first-order valence-corrected chi connectivity index (χ1v) is 8.27. The zero-order valence-corrected chi connectivity index (χ0v) is 12.8. The Balaban J connectivity index is 2.13. The summed E-state index contributed by atoms with van der Waals surface area (Å²) in [6.07, 6.45) is 3.63. The van der Waals surface area contributed by atoms with Crippen molar-refractivity contribution in [1.82, 2.24) is 4.90 Å². The van der Waals surface area contributed by atoms with E-state index in [9.17, 15) is 4.79 Å². The summed E-state index contributed by atoms with van der Waals surface area (Å²) in [7, 11) is 0. The molecule has 0 aromatic heterocycles. The van der Waals surface area contributed by atoms with Crippen molar-refractivity contribution < 1.29 is 9.90 Å². The van der Waals surface area contributed by atoms with Crippen LogP contribution in [0.25, 0.3) is 0 Å². The summed E-state index contributed by atoms with van der Waals surface area (Å²) in [5.74, 6) is 0.398. The summed E-state index contributed by atoms with van der Waals surface area (Å²) in [4.78, 5) is 15.6. The van der Waals surface area contributed by atoms with Crippen molar-refractivity contribution in [2.24, 2.45) is 0 Å². The zero-order chi connectivity index (χ0) is 15.1. The third-order valence-corrected chi connectivity index (χ3v) is 4.68. The van der Waals surface area contributed by atoms with Crippen LogP contribution in [0, 0.1) is 11.3 Å². The predicted molar refractivity (Wildman–Crippen MR) is 83.2 cm³/mol. The monoisotopic (exact) mass is 304 g/mol. The molecule has 1 saturated heterocycles. The summed E-state index contributed by atoms with van der Waals surface area (Å²) in [5.41, 5.74) is 0.689. The lowest BCUT2D eigenvalue weighted by Crippen LogP contribution is -2.35. The van der Waals surface area contributed by atoms with Gasteiger partial charge in [0.05, 0.1) is 17.4 Å². The summed E-state index contributed by atoms with van der Waals surface area (Å²) in [5, 5.41) is 17.7. The van der Waals surface area contributed by atoms with E-state index in [1.807, 2.05) is 29.2 Å². The molecule has 112 valence electrons. The fraction of sp³-hybridized carbons (Fsp3) is 0.500. The molecular weight excluding hydrogens is 284 g/mol. The number of aliphatic hydroxyl groups excluding tert-OH is 1. The van der Waals surface area contributed by atoms with Crippen molar-refractivity contribution in [3.63, 3.8) is 0 Å². The van der Waals surface area contributed by atoms with Crippen LogP contribution in [-0.2, 0) is 0 Å². The lowest BCUT2D eigenvalue weighted by atomic mass is 10.1. The average molecular weight is 304 g/mol. The standard InChI is InChI=1S/C16H20N2O2S/c17-9-12-21-15-8-2-1-7-14(15)16(20)18-10-3-5-13(18)6-4-11-19/h1-2,7-8,13,19H,3-6,10-12H2. The summed E-state index contributed by atoms with van der Waals surface area (Å²) < 4.78 is 0. The number of thioether (sulfide) groups is 1. The Labute approximate surface area is 129 Å². The average Bonchev–Trinajstić information content (AvgIpc) is 2.99. The minimum Gasteiger partial charge on any atom is -0.396 e. The molecule has 1 heterocycles. The fourth-order valence-electron chi connectivity index (χ4n) is 2.76. The van der Waals surface area contributed by atoms with E-state index in [0.29, 0.717) is 11.3 Å². The van der Waals surface area contributed by atoms with Crippen LogP contribution in [0.2, 0.25) is 0 Å². The highest BCUT2D eigenvalue weighted by atomic mass is 32.2. The molecule has 1 fully saturated rings. The van der Waals surface area contributed by atoms with Crippen LogP contribution in [0.15, 0.2) is 29.2 Å². The molecule has 1 aromatic carbocycles. The zero-order valence-electron chi connectivity index (χ0n) is 12.0. The van der Waals surface area contributed by atoms with Crippen molar-refractivity contribution in [3.8, 4) is 6.07 Å². The van der Waals surface area contributed by atoms with Gasteiger partial charge < -0.3 is 10.0 Å². The van der Waals surface area contributed by atoms with Gasteiger partial charge in [-0.25, -0.2) is 0 Å². The van der Waals surface area contributed by atoms with Crippen LogP contribution in [0.4, 0.5) is 0 Å². The fourth-order valence-corrected chi connectivity index (χ4v) is 3.47. The Bertz CT molecular complexity index is 527. The Morgan fingerprint density at radius 3 is 3.05 bits per heavy atom. The third kappa shape index (κ3) is 3.99. The number of hydrogen-bond acceptors (Lipinski definition) is 4. The topological polar surface area (TPSA) is 64.3 Å². The molecule has 1 aromatic rings. The molecule has 0 aliphatic carbocycles. The highest BCUT2D eigenvalue weighted by Gasteiger charge is 2.29. The van der Waals surface area contributed by atoms with Crippen LogP contribution in [-0.4, -0.2) is 40.9 Å². The van der Waals surface area contributed by atoms with Crippen LogP contribution in [0.1, 0.15) is 36.0 Å². The normalized spacial score (nSPS) is 17.7. The van der Waals surface area contributed by atoms with Gasteiger partial charge in [0.2, 0.25) is 0 Å². The summed E-state index contributed by atoms with van der Waals surface area (Å²) in [6.45, 7) is 0.958. The van der Waals surface area contributed by atoms with E-state index in [1.54, 1.807) is 0 Å². The first kappa shape index (κ1) is 15.9.